The second-order valence-corrected chi connectivity index (χ2v) is 7.42. The fraction of sp³-hybridized carbons (Fsp3) is 0.636. The van der Waals surface area contributed by atoms with Gasteiger partial charge in [0.05, 0.1) is 0 Å². The summed E-state index contributed by atoms with van der Waals surface area (Å²) >= 11 is 1.43. The Balaban J connectivity index is 2.33. The first-order chi connectivity index (χ1) is 8.46. The van der Waals surface area contributed by atoms with Crippen LogP contribution in [0.2, 0.25) is 0 Å². The molecule has 1 aliphatic rings. The van der Waals surface area contributed by atoms with E-state index < -0.39 is 10.0 Å². The SMILES string of the molecule is Cc1csc(CN)c1S(=O)(=O)N1CCN(C)CC1. The molecule has 2 N–H and O–H groups in total. The number of thiophene rings is 1. The zero-order valence-electron chi connectivity index (χ0n) is 10.7. The normalized spacial score (nSPS) is 19.3. The molecule has 18 heavy (non-hydrogen) atoms. The predicted molar refractivity (Wildman–Crippen MR) is 73.2 cm³/mol. The molecule has 0 amide bonds. The number of rotatable bonds is 3. The van der Waals surface area contributed by atoms with Crippen molar-refractivity contribution in [2.75, 3.05) is 33.2 Å². The molecule has 0 saturated carbocycles. The fourth-order valence-corrected chi connectivity index (χ4v) is 5.21. The molecule has 0 spiro atoms. The smallest absolute Gasteiger partial charge is 0.244 e. The summed E-state index contributed by atoms with van der Waals surface area (Å²) < 4.78 is 26.8. The molecule has 0 unspecified atom stereocenters. The lowest BCUT2D eigenvalue weighted by atomic mass is 10.3. The summed E-state index contributed by atoms with van der Waals surface area (Å²) in [6.45, 7) is 4.77. The van der Waals surface area contributed by atoms with Crippen LogP contribution in [-0.4, -0.2) is 50.8 Å². The van der Waals surface area contributed by atoms with Gasteiger partial charge in [0.25, 0.3) is 0 Å². The van der Waals surface area contributed by atoms with Crippen molar-refractivity contribution in [1.29, 1.82) is 0 Å². The Morgan fingerprint density at radius 1 is 1.33 bits per heavy atom. The standard InChI is InChI=1S/C11H19N3O2S2/c1-9-8-17-10(7-12)11(9)18(15,16)14-5-3-13(2)4-6-14/h8H,3-7,12H2,1-2H3. The average molecular weight is 289 g/mol. The molecular weight excluding hydrogens is 270 g/mol. The van der Waals surface area contributed by atoms with Crippen molar-refractivity contribution in [3.8, 4) is 0 Å². The number of hydrogen-bond donors (Lipinski definition) is 1. The van der Waals surface area contributed by atoms with Gasteiger partial charge in [0.1, 0.15) is 4.90 Å². The van der Waals surface area contributed by atoms with Crippen LogP contribution >= 0.6 is 11.3 Å². The van der Waals surface area contributed by atoms with Gasteiger partial charge in [-0.1, -0.05) is 0 Å². The van der Waals surface area contributed by atoms with Crippen LogP contribution in [0, 0.1) is 6.92 Å². The summed E-state index contributed by atoms with van der Waals surface area (Å²) in [7, 11) is -1.37. The number of hydrogen-bond acceptors (Lipinski definition) is 5. The van der Waals surface area contributed by atoms with Gasteiger partial charge in [0, 0.05) is 37.6 Å². The van der Waals surface area contributed by atoms with Gasteiger partial charge in [0.2, 0.25) is 10.0 Å². The van der Waals surface area contributed by atoms with Gasteiger partial charge >= 0.3 is 0 Å². The van der Waals surface area contributed by atoms with E-state index in [0.29, 0.717) is 18.0 Å². The van der Waals surface area contributed by atoms with E-state index in [-0.39, 0.29) is 6.54 Å². The van der Waals surface area contributed by atoms with Gasteiger partial charge in [-0.2, -0.15) is 4.31 Å². The second kappa shape index (κ2) is 5.26. The lowest BCUT2D eigenvalue weighted by Crippen LogP contribution is -2.47. The van der Waals surface area contributed by atoms with Crippen LogP contribution < -0.4 is 5.73 Å². The Bertz CT molecular complexity index is 516. The average Bonchev–Trinajstić information content (AvgIpc) is 2.71. The largest absolute Gasteiger partial charge is 0.326 e. The minimum absolute atomic E-state index is 0.279. The van der Waals surface area contributed by atoms with Crippen molar-refractivity contribution >= 4 is 21.4 Å². The van der Waals surface area contributed by atoms with E-state index in [0.717, 1.165) is 23.5 Å². The summed E-state index contributed by atoms with van der Waals surface area (Å²) in [6.07, 6.45) is 0. The van der Waals surface area contributed by atoms with Crippen molar-refractivity contribution in [2.24, 2.45) is 5.73 Å². The van der Waals surface area contributed by atoms with E-state index in [4.69, 9.17) is 5.73 Å². The highest BCUT2D eigenvalue weighted by atomic mass is 32.2. The first-order valence-corrected chi connectivity index (χ1v) is 8.24. The number of aryl methyl sites for hydroxylation is 1. The van der Waals surface area contributed by atoms with Gasteiger partial charge in [0.15, 0.2) is 0 Å². The summed E-state index contributed by atoms with van der Waals surface area (Å²) in [6, 6.07) is 0. The molecule has 2 rings (SSSR count). The molecule has 0 aliphatic carbocycles. The first kappa shape index (κ1) is 14.0. The third-order valence-electron chi connectivity index (χ3n) is 3.23. The number of sulfonamides is 1. The highest BCUT2D eigenvalue weighted by Gasteiger charge is 2.31. The molecule has 102 valence electrons. The van der Waals surface area contributed by atoms with Crippen molar-refractivity contribution < 1.29 is 8.42 Å². The number of likely N-dealkylation sites (N-methyl/N-ethyl adjacent to an activating group) is 1. The van der Waals surface area contributed by atoms with Crippen molar-refractivity contribution in [2.45, 2.75) is 18.4 Å². The van der Waals surface area contributed by atoms with Crippen molar-refractivity contribution in [3.05, 3.63) is 15.8 Å². The minimum atomic E-state index is -3.38. The molecule has 1 aromatic rings. The maximum atomic E-state index is 12.6. The molecule has 0 atom stereocenters. The Hall–Kier alpha value is -0.470. The van der Waals surface area contributed by atoms with Gasteiger partial charge in [-0.05, 0) is 24.9 Å². The molecule has 1 saturated heterocycles. The van der Waals surface area contributed by atoms with E-state index in [9.17, 15) is 8.42 Å². The van der Waals surface area contributed by atoms with E-state index >= 15 is 0 Å². The minimum Gasteiger partial charge on any atom is -0.326 e. The lowest BCUT2D eigenvalue weighted by molar-refractivity contribution is 0.222. The molecule has 0 aromatic carbocycles. The van der Waals surface area contributed by atoms with Gasteiger partial charge < -0.3 is 10.6 Å². The van der Waals surface area contributed by atoms with Crippen LogP contribution in [0.5, 0.6) is 0 Å². The first-order valence-electron chi connectivity index (χ1n) is 5.92. The van der Waals surface area contributed by atoms with Crippen LogP contribution in [0.15, 0.2) is 10.3 Å². The van der Waals surface area contributed by atoms with Gasteiger partial charge in [-0.3, -0.25) is 0 Å². The fourth-order valence-electron chi connectivity index (χ4n) is 2.13. The van der Waals surface area contributed by atoms with Crippen molar-refractivity contribution in [1.82, 2.24) is 9.21 Å². The lowest BCUT2D eigenvalue weighted by Gasteiger charge is -2.31. The highest BCUT2D eigenvalue weighted by molar-refractivity contribution is 7.89. The quantitative estimate of drug-likeness (QED) is 0.877. The summed E-state index contributed by atoms with van der Waals surface area (Å²) in [5, 5.41) is 1.87. The Morgan fingerprint density at radius 3 is 2.50 bits per heavy atom. The molecule has 1 aliphatic heterocycles. The number of nitrogens with zero attached hydrogens (tertiary/aromatic N) is 2. The van der Waals surface area contributed by atoms with Crippen LogP contribution in [0.25, 0.3) is 0 Å². The predicted octanol–water partition coefficient (Wildman–Crippen LogP) is 0.451. The van der Waals surface area contributed by atoms with Crippen molar-refractivity contribution in [3.63, 3.8) is 0 Å². The third-order valence-corrected chi connectivity index (χ3v) is 6.62. The second-order valence-electron chi connectivity index (χ2n) is 4.58. The van der Waals surface area contributed by atoms with E-state index in [2.05, 4.69) is 4.90 Å². The molecular formula is C11H19N3O2S2. The summed E-state index contributed by atoms with van der Waals surface area (Å²) in [4.78, 5) is 3.32. The number of nitrogens with two attached hydrogens (primary N) is 1. The zero-order chi connectivity index (χ0) is 13.3. The van der Waals surface area contributed by atoms with Gasteiger partial charge in [-0.15, -0.1) is 11.3 Å². The van der Waals surface area contributed by atoms with Gasteiger partial charge in [-0.25, -0.2) is 8.42 Å². The molecule has 5 nitrogen and oxygen atoms in total. The molecule has 0 bridgehead atoms. The van der Waals surface area contributed by atoms with Crippen LogP contribution in [0.1, 0.15) is 10.4 Å². The topological polar surface area (TPSA) is 66.6 Å². The molecule has 1 fully saturated rings. The molecule has 7 heteroatoms. The maximum Gasteiger partial charge on any atom is 0.244 e. The molecule has 0 radical (unpaired) electrons. The maximum absolute atomic E-state index is 12.6. The van der Waals surface area contributed by atoms with E-state index in [1.807, 2.05) is 19.4 Å². The Morgan fingerprint density at radius 2 is 1.94 bits per heavy atom. The Kier molecular flexibility index (Phi) is 4.08. The molecule has 2 heterocycles. The number of piperazine rings is 1. The Labute approximate surface area is 112 Å². The van der Waals surface area contributed by atoms with Crippen LogP contribution in [-0.2, 0) is 16.6 Å². The van der Waals surface area contributed by atoms with E-state index in [1.54, 1.807) is 4.31 Å². The summed E-state index contributed by atoms with van der Waals surface area (Å²) in [5.74, 6) is 0. The van der Waals surface area contributed by atoms with Crippen LogP contribution in [0.4, 0.5) is 0 Å². The molecule has 1 aromatic heterocycles. The highest BCUT2D eigenvalue weighted by Crippen LogP contribution is 2.29. The van der Waals surface area contributed by atoms with E-state index in [1.165, 1.54) is 11.3 Å². The summed E-state index contributed by atoms with van der Waals surface area (Å²) in [5.41, 5.74) is 6.44. The monoisotopic (exact) mass is 289 g/mol. The zero-order valence-corrected chi connectivity index (χ0v) is 12.4. The third kappa shape index (κ3) is 2.46. The van der Waals surface area contributed by atoms with Crippen LogP contribution in [0.3, 0.4) is 0 Å².